The molecule has 164 valence electrons. The van der Waals surface area contributed by atoms with E-state index in [0.717, 1.165) is 12.1 Å². The summed E-state index contributed by atoms with van der Waals surface area (Å²) < 4.78 is 27.2. The molecule has 2 aromatic rings. The van der Waals surface area contributed by atoms with E-state index in [4.69, 9.17) is 23.7 Å². The van der Waals surface area contributed by atoms with Crippen molar-refractivity contribution in [2.45, 2.75) is 13.3 Å². The average molecular weight is 418 g/mol. The van der Waals surface area contributed by atoms with Crippen LogP contribution in [-0.2, 0) is 0 Å². The van der Waals surface area contributed by atoms with Gasteiger partial charge in [0.1, 0.15) is 17.2 Å². The molecule has 0 atom stereocenters. The fourth-order valence-electron chi connectivity index (χ4n) is 2.67. The maximum atomic E-state index is 5.80. The number of guanidine groups is 1. The zero-order chi connectivity index (χ0) is 21.8. The van der Waals surface area contributed by atoms with Crippen LogP contribution in [0.4, 0.5) is 5.69 Å². The van der Waals surface area contributed by atoms with Crippen molar-refractivity contribution in [1.29, 1.82) is 0 Å². The van der Waals surface area contributed by atoms with Crippen molar-refractivity contribution in [2.24, 2.45) is 4.99 Å². The number of hydrogen-bond acceptors (Lipinski definition) is 6. The summed E-state index contributed by atoms with van der Waals surface area (Å²) in [5.41, 5.74) is 0.854. The summed E-state index contributed by atoms with van der Waals surface area (Å²) in [5.74, 6) is 4.12. The second kappa shape index (κ2) is 12.3. The molecule has 2 aromatic carbocycles. The zero-order valence-electron chi connectivity index (χ0n) is 18.3. The van der Waals surface area contributed by atoms with Gasteiger partial charge >= 0.3 is 0 Å². The molecule has 0 fully saturated rings. The van der Waals surface area contributed by atoms with E-state index in [0.29, 0.717) is 54.5 Å². The van der Waals surface area contributed by atoms with Crippen LogP contribution >= 0.6 is 0 Å². The Hall–Kier alpha value is -3.29. The van der Waals surface area contributed by atoms with Crippen LogP contribution in [0.5, 0.6) is 28.7 Å². The molecule has 0 aromatic heterocycles. The van der Waals surface area contributed by atoms with E-state index < -0.39 is 0 Å². The van der Waals surface area contributed by atoms with Gasteiger partial charge in [0.25, 0.3) is 0 Å². The van der Waals surface area contributed by atoms with Crippen LogP contribution in [0.1, 0.15) is 13.3 Å². The molecular weight excluding hydrogens is 386 g/mol. The first-order chi connectivity index (χ1) is 14.6. The zero-order valence-corrected chi connectivity index (χ0v) is 18.3. The smallest absolute Gasteiger partial charge is 0.195 e. The molecule has 0 aliphatic carbocycles. The van der Waals surface area contributed by atoms with Crippen molar-refractivity contribution in [2.75, 3.05) is 53.5 Å². The van der Waals surface area contributed by atoms with Crippen molar-refractivity contribution < 1.29 is 23.7 Å². The molecule has 0 saturated carbocycles. The van der Waals surface area contributed by atoms with Crippen LogP contribution in [-0.4, -0.2) is 54.1 Å². The SMILES string of the molecule is CCOc1cc(NC(=NC)NCCCOc2cc(OC)cc(OC)c2)ccc1OC. The molecule has 30 heavy (non-hydrogen) atoms. The minimum Gasteiger partial charge on any atom is -0.496 e. The summed E-state index contributed by atoms with van der Waals surface area (Å²) in [4.78, 5) is 4.25. The van der Waals surface area contributed by atoms with Gasteiger partial charge < -0.3 is 34.3 Å². The molecule has 0 aliphatic rings. The number of nitrogens with one attached hydrogen (secondary N) is 2. The number of rotatable bonds is 11. The molecule has 0 heterocycles. The van der Waals surface area contributed by atoms with Gasteiger partial charge in [-0.3, -0.25) is 4.99 Å². The van der Waals surface area contributed by atoms with Gasteiger partial charge in [-0.05, 0) is 25.5 Å². The van der Waals surface area contributed by atoms with Gasteiger partial charge in [0.2, 0.25) is 0 Å². The Morgan fingerprint density at radius 2 is 1.57 bits per heavy atom. The minimum absolute atomic E-state index is 0.539. The molecule has 0 amide bonds. The first-order valence-corrected chi connectivity index (χ1v) is 9.77. The summed E-state index contributed by atoms with van der Waals surface area (Å²) in [6, 6.07) is 11.1. The summed E-state index contributed by atoms with van der Waals surface area (Å²) in [7, 11) is 6.57. The number of nitrogens with zero attached hydrogens (tertiary/aromatic N) is 1. The van der Waals surface area contributed by atoms with Crippen molar-refractivity contribution in [3.05, 3.63) is 36.4 Å². The van der Waals surface area contributed by atoms with Gasteiger partial charge in [0.15, 0.2) is 17.5 Å². The third-order valence-electron chi connectivity index (χ3n) is 4.16. The Kier molecular flexibility index (Phi) is 9.44. The van der Waals surface area contributed by atoms with Gasteiger partial charge in [-0.1, -0.05) is 0 Å². The maximum Gasteiger partial charge on any atom is 0.195 e. The Morgan fingerprint density at radius 3 is 2.17 bits per heavy atom. The van der Waals surface area contributed by atoms with Gasteiger partial charge in [-0.2, -0.15) is 0 Å². The molecule has 8 heteroatoms. The Balaban J connectivity index is 1.82. The summed E-state index contributed by atoms with van der Waals surface area (Å²) in [6.45, 7) is 3.72. The number of methoxy groups -OCH3 is 3. The quantitative estimate of drug-likeness (QED) is 0.329. The van der Waals surface area contributed by atoms with Crippen molar-refractivity contribution in [3.63, 3.8) is 0 Å². The lowest BCUT2D eigenvalue weighted by molar-refractivity contribution is 0.305. The van der Waals surface area contributed by atoms with E-state index in [1.165, 1.54) is 0 Å². The van der Waals surface area contributed by atoms with Gasteiger partial charge in [-0.15, -0.1) is 0 Å². The molecule has 0 bridgehead atoms. The van der Waals surface area contributed by atoms with E-state index in [-0.39, 0.29) is 0 Å². The lowest BCUT2D eigenvalue weighted by Crippen LogP contribution is -2.32. The average Bonchev–Trinajstić information content (AvgIpc) is 2.78. The van der Waals surface area contributed by atoms with Crippen molar-refractivity contribution in [1.82, 2.24) is 5.32 Å². The third-order valence-corrected chi connectivity index (χ3v) is 4.16. The maximum absolute atomic E-state index is 5.80. The van der Waals surface area contributed by atoms with Crippen LogP contribution < -0.4 is 34.3 Å². The number of benzene rings is 2. The largest absolute Gasteiger partial charge is 0.496 e. The molecule has 0 saturated heterocycles. The second-order valence-electron chi connectivity index (χ2n) is 6.17. The molecule has 8 nitrogen and oxygen atoms in total. The van der Waals surface area contributed by atoms with Gasteiger partial charge in [0.05, 0.1) is 34.5 Å². The lowest BCUT2D eigenvalue weighted by Gasteiger charge is -2.15. The summed E-state index contributed by atoms with van der Waals surface area (Å²) in [5, 5.41) is 6.51. The van der Waals surface area contributed by atoms with E-state index in [2.05, 4.69) is 15.6 Å². The monoisotopic (exact) mass is 417 g/mol. The topological polar surface area (TPSA) is 82.6 Å². The highest BCUT2D eigenvalue weighted by Gasteiger charge is 2.07. The van der Waals surface area contributed by atoms with Crippen LogP contribution in [0.15, 0.2) is 41.4 Å². The highest BCUT2D eigenvalue weighted by Crippen LogP contribution is 2.30. The third kappa shape index (κ3) is 6.95. The van der Waals surface area contributed by atoms with E-state index in [1.807, 2.05) is 37.3 Å². The van der Waals surface area contributed by atoms with E-state index in [1.54, 1.807) is 34.4 Å². The van der Waals surface area contributed by atoms with Gasteiger partial charge in [-0.25, -0.2) is 0 Å². The fraction of sp³-hybridized carbons (Fsp3) is 0.409. The first kappa shape index (κ1) is 23.0. The minimum atomic E-state index is 0.539. The lowest BCUT2D eigenvalue weighted by atomic mass is 10.2. The standard InChI is InChI=1S/C22H31N3O5/c1-6-29-21-12-16(8-9-20(21)28-5)25-22(23-2)24-10-7-11-30-19-14-17(26-3)13-18(15-19)27-4/h8-9,12-15H,6-7,10-11H2,1-5H3,(H2,23,24,25). The number of anilines is 1. The van der Waals surface area contributed by atoms with Crippen LogP contribution in [0.3, 0.4) is 0 Å². The first-order valence-electron chi connectivity index (χ1n) is 9.77. The number of hydrogen-bond donors (Lipinski definition) is 2. The van der Waals surface area contributed by atoms with E-state index in [9.17, 15) is 0 Å². The van der Waals surface area contributed by atoms with Crippen LogP contribution in [0.2, 0.25) is 0 Å². The fourth-order valence-corrected chi connectivity index (χ4v) is 2.67. The molecule has 2 N–H and O–H groups in total. The normalized spacial score (nSPS) is 10.9. The molecule has 0 unspecified atom stereocenters. The predicted octanol–water partition coefficient (Wildman–Crippen LogP) is 3.57. The van der Waals surface area contributed by atoms with Gasteiger partial charge in [0, 0.05) is 43.5 Å². The molecular formula is C22H31N3O5. The molecule has 0 spiro atoms. The highest BCUT2D eigenvalue weighted by atomic mass is 16.5. The molecule has 0 radical (unpaired) electrons. The van der Waals surface area contributed by atoms with E-state index >= 15 is 0 Å². The predicted molar refractivity (Wildman–Crippen MR) is 119 cm³/mol. The van der Waals surface area contributed by atoms with Crippen LogP contribution in [0.25, 0.3) is 0 Å². The Bertz CT molecular complexity index is 804. The highest BCUT2D eigenvalue weighted by molar-refractivity contribution is 5.93. The number of ether oxygens (including phenoxy) is 5. The Morgan fingerprint density at radius 1 is 0.867 bits per heavy atom. The molecule has 2 rings (SSSR count). The van der Waals surface area contributed by atoms with Crippen LogP contribution in [0, 0.1) is 0 Å². The second-order valence-corrected chi connectivity index (χ2v) is 6.17. The van der Waals surface area contributed by atoms with Crippen molar-refractivity contribution >= 4 is 11.6 Å². The van der Waals surface area contributed by atoms with Crippen molar-refractivity contribution in [3.8, 4) is 28.7 Å². The Labute approximate surface area is 178 Å². The molecule has 0 aliphatic heterocycles. The summed E-state index contributed by atoms with van der Waals surface area (Å²) in [6.07, 6.45) is 0.785. The number of aliphatic imine (C=N–C) groups is 1. The summed E-state index contributed by atoms with van der Waals surface area (Å²) >= 11 is 0.